The average Bonchev–Trinajstić information content (AvgIpc) is 2.69. The summed E-state index contributed by atoms with van der Waals surface area (Å²) in [5, 5.41) is 0.829. The highest BCUT2D eigenvalue weighted by atomic mass is 79.9. The van der Waals surface area contributed by atoms with Crippen LogP contribution in [0.4, 0.5) is 8.78 Å². The van der Waals surface area contributed by atoms with Gasteiger partial charge in [0.1, 0.15) is 11.6 Å². The minimum absolute atomic E-state index is 0.0803. The Hall–Kier alpha value is -0.160. The first kappa shape index (κ1) is 13.3. The van der Waals surface area contributed by atoms with Gasteiger partial charge >= 0.3 is 0 Å². The van der Waals surface area contributed by atoms with E-state index in [2.05, 4.69) is 15.9 Å². The summed E-state index contributed by atoms with van der Waals surface area (Å²) in [6.45, 7) is 0. The van der Waals surface area contributed by atoms with Crippen LogP contribution in [0.15, 0.2) is 28.1 Å². The minimum atomic E-state index is -0.740. The van der Waals surface area contributed by atoms with Crippen molar-refractivity contribution in [1.29, 1.82) is 0 Å². The van der Waals surface area contributed by atoms with E-state index in [1.807, 2.05) is 5.38 Å². The van der Waals surface area contributed by atoms with Crippen molar-refractivity contribution in [2.45, 2.75) is 5.38 Å². The third kappa shape index (κ3) is 2.65. The fraction of sp³-hybridized carbons (Fsp3) is 0.0909. The number of hydrogen-bond acceptors (Lipinski definition) is 1. The second-order valence-corrected chi connectivity index (χ2v) is 5.93. The van der Waals surface area contributed by atoms with Crippen molar-refractivity contribution in [2.24, 2.45) is 0 Å². The van der Waals surface area contributed by atoms with Crippen LogP contribution in [0.2, 0.25) is 5.02 Å². The number of halogens is 5. The highest BCUT2D eigenvalue weighted by Gasteiger charge is 2.20. The molecule has 0 nitrogen and oxygen atoms in total. The number of hydrogen-bond donors (Lipinski definition) is 0. The first-order valence-corrected chi connectivity index (χ1v) is 7.01. The molecule has 0 saturated heterocycles. The van der Waals surface area contributed by atoms with Crippen LogP contribution >= 0.6 is 50.5 Å². The van der Waals surface area contributed by atoms with Crippen LogP contribution in [0.3, 0.4) is 0 Å². The van der Waals surface area contributed by atoms with Gasteiger partial charge in [-0.1, -0.05) is 11.6 Å². The molecule has 2 aromatic rings. The summed E-state index contributed by atoms with van der Waals surface area (Å²) in [5.41, 5.74) is 0.0803. The van der Waals surface area contributed by atoms with Crippen LogP contribution < -0.4 is 0 Å². The topological polar surface area (TPSA) is 0 Å². The molecule has 17 heavy (non-hydrogen) atoms. The van der Waals surface area contributed by atoms with E-state index in [1.165, 1.54) is 11.3 Å². The third-order valence-electron chi connectivity index (χ3n) is 2.19. The molecular formula is C11H5BrCl2F2S. The molecule has 1 atom stereocenters. The van der Waals surface area contributed by atoms with Gasteiger partial charge in [0.2, 0.25) is 0 Å². The Morgan fingerprint density at radius 3 is 2.53 bits per heavy atom. The lowest BCUT2D eigenvalue weighted by molar-refractivity contribution is 0.588. The van der Waals surface area contributed by atoms with Gasteiger partial charge < -0.3 is 0 Å². The normalized spacial score (nSPS) is 12.8. The van der Waals surface area contributed by atoms with Gasteiger partial charge in [0.05, 0.1) is 10.4 Å². The quantitative estimate of drug-likeness (QED) is 0.472. The number of alkyl halides is 1. The zero-order valence-electron chi connectivity index (χ0n) is 8.18. The van der Waals surface area contributed by atoms with E-state index in [9.17, 15) is 8.78 Å². The monoisotopic (exact) mass is 356 g/mol. The minimum Gasteiger partial charge on any atom is -0.207 e. The maximum atomic E-state index is 13.7. The maximum absolute atomic E-state index is 13.7. The second-order valence-electron chi connectivity index (χ2n) is 3.28. The van der Waals surface area contributed by atoms with Crippen LogP contribution in [0, 0.1) is 11.6 Å². The average molecular weight is 358 g/mol. The van der Waals surface area contributed by atoms with Gasteiger partial charge in [-0.05, 0) is 39.5 Å². The zero-order chi connectivity index (χ0) is 12.6. The first-order valence-electron chi connectivity index (χ1n) is 4.52. The smallest absolute Gasteiger partial charge is 0.142 e. The van der Waals surface area contributed by atoms with Gasteiger partial charge in [-0.2, -0.15) is 0 Å². The molecule has 0 amide bonds. The van der Waals surface area contributed by atoms with Crippen LogP contribution in [0.1, 0.15) is 15.8 Å². The Morgan fingerprint density at radius 1 is 1.24 bits per heavy atom. The molecule has 0 aliphatic heterocycles. The molecule has 0 fully saturated rings. The first-order chi connectivity index (χ1) is 8.00. The van der Waals surface area contributed by atoms with Crippen LogP contribution in [-0.2, 0) is 0 Å². The van der Waals surface area contributed by atoms with Crippen molar-refractivity contribution in [2.75, 3.05) is 0 Å². The van der Waals surface area contributed by atoms with Crippen LogP contribution in [-0.4, -0.2) is 0 Å². The second kappa shape index (κ2) is 5.22. The molecule has 1 unspecified atom stereocenters. The van der Waals surface area contributed by atoms with Crippen molar-refractivity contribution < 1.29 is 8.78 Å². The Balaban J connectivity index is 2.48. The lowest BCUT2D eigenvalue weighted by atomic mass is 10.1. The molecular weight excluding hydrogens is 353 g/mol. The Bertz CT molecular complexity index is 556. The predicted octanol–water partition coefficient (Wildman–Crippen LogP) is 5.77. The van der Waals surface area contributed by atoms with Gasteiger partial charge in [-0.3, -0.25) is 0 Å². The highest BCUT2D eigenvalue weighted by Crippen LogP contribution is 2.39. The summed E-state index contributed by atoms with van der Waals surface area (Å²) in [7, 11) is 0. The van der Waals surface area contributed by atoms with Gasteiger partial charge in [-0.25, -0.2) is 8.78 Å². The van der Waals surface area contributed by atoms with E-state index in [0.717, 1.165) is 21.5 Å². The summed E-state index contributed by atoms with van der Waals surface area (Å²) in [4.78, 5) is 0.729. The van der Waals surface area contributed by atoms with Gasteiger partial charge in [-0.15, -0.1) is 22.9 Å². The van der Waals surface area contributed by atoms with Gasteiger partial charge in [0, 0.05) is 14.9 Å². The molecule has 0 radical (unpaired) electrons. The summed E-state index contributed by atoms with van der Waals surface area (Å²) in [6.07, 6.45) is 0. The van der Waals surface area contributed by atoms with E-state index < -0.39 is 17.0 Å². The molecule has 1 aromatic heterocycles. The molecule has 0 aliphatic carbocycles. The van der Waals surface area contributed by atoms with Gasteiger partial charge in [0.25, 0.3) is 0 Å². The summed E-state index contributed by atoms with van der Waals surface area (Å²) in [5.74, 6) is -1.29. The fourth-order valence-corrected chi connectivity index (χ4v) is 3.68. The molecule has 1 heterocycles. The van der Waals surface area contributed by atoms with Crippen molar-refractivity contribution in [1.82, 2.24) is 0 Å². The Morgan fingerprint density at radius 2 is 1.94 bits per heavy atom. The molecule has 1 aromatic carbocycles. The van der Waals surface area contributed by atoms with E-state index in [-0.39, 0.29) is 10.6 Å². The molecule has 2 rings (SSSR count). The third-order valence-corrected chi connectivity index (χ3v) is 5.00. The standard InChI is InChI=1S/C11H5BrCl2F2S/c12-6-1-2-17-11(6)10(14)5-3-9(16)7(13)4-8(5)15/h1-4,10H. The molecule has 0 saturated carbocycles. The lowest BCUT2D eigenvalue weighted by Crippen LogP contribution is -1.97. The zero-order valence-corrected chi connectivity index (χ0v) is 12.1. The Labute approximate surface area is 119 Å². The number of thiophene rings is 1. The highest BCUT2D eigenvalue weighted by molar-refractivity contribution is 9.10. The molecule has 6 heteroatoms. The lowest BCUT2D eigenvalue weighted by Gasteiger charge is -2.10. The van der Waals surface area contributed by atoms with E-state index in [0.29, 0.717) is 0 Å². The van der Waals surface area contributed by atoms with E-state index >= 15 is 0 Å². The number of benzene rings is 1. The SMILES string of the molecule is Fc1cc(C(Cl)c2sccc2Br)c(F)cc1Cl. The van der Waals surface area contributed by atoms with Crippen molar-refractivity contribution in [3.05, 3.63) is 55.1 Å². The van der Waals surface area contributed by atoms with Crippen LogP contribution in [0.25, 0.3) is 0 Å². The predicted molar refractivity (Wildman–Crippen MR) is 71.1 cm³/mol. The van der Waals surface area contributed by atoms with Crippen molar-refractivity contribution in [3.63, 3.8) is 0 Å². The number of rotatable bonds is 2. The fourth-order valence-electron chi connectivity index (χ4n) is 1.36. The molecule has 0 N–H and O–H groups in total. The maximum Gasteiger partial charge on any atom is 0.142 e. The molecule has 0 aliphatic rings. The van der Waals surface area contributed by atoms with E-state index in [4.69, 9.17) is 23.2 Å². The summed E-state index contributed by atoms with van der Waals surface area (Å²) in [6, 6.07) is 3.77. The molecule has 0 spiro atoms. The molecule has 0 bridgehead atoms. The van der Waals surface area contributed by atoms with Gasteiger partial charge in [0.15, 0.2) is 0 Å². The molecule has 90 valence electrons. The summed E-state index contributed by atoms with van der Waals surface area (Å²) >= 11 is 16.3. The summed E-state index contributed by atoms with van der Waals surface area (Å²) < 4.78 is 27.7. The van der Waals surface area contributed by atoms with Crippen LogP contribution in [0.5, 0.6) is 0 Å². The Kier molecular flexibility index (Phi) is 4.08. The van der Waals surface area contributed by atoms with Crippen molar-refractivity contribution >= 4 is 50.5 Å². The van der Waals surface area contributed by atoms with Crippen molar-refractivity contribution in [3.8, 4) is 0 Å². The largest absolute Gasteiger partial charge is 0.207 e. The van der Waals surface area contributed by atoms with E-state index in [1.54, 1.807) is 6.07 Å².